The molecule has 1 atom stereocenters. The lowest BCUT2D eigenvalue weighted by Crippen LogP contribution is -2.30. The summed E-state index contributed by atoms with van der Waals surface area (Å²) >= 11 is 0. The lowest BCUT2D eigenvalue weighted by molar-refractivity contribution is -0.120. The van der Waals surface area contributed by atoms with E-state index >= 15 is 0 Å². The van der Waals surface area contributed by atoms with Crippen molar-refractivity contribution in [3.05, 3.63) is 29.8 Å². The van der Waals surface area contributed by atoms with Crippen molar-refractivity contribution >= 4 is 17.3 Å². The Morgan fingerprint density at radius 2 is 2.17 bits per heavy atom. The second-order valence-corrected chi connectivity index (χ2v) is 4.78. The fourth-order valence-corrected chi connectivity index (χ4v) is 2.24. The second-order valence-electron chi connectivity index (χ2n) is 4.78. The molecule has 2 rings (SSSR count). The van der Waals surface area contributed by atoms with Crippen molar-refractivity contribution in [2.45, 2.75) is 20.8 Å². The molecule has 1 aliphatic heterocycles. The van der Waals surface area contributed by atoms with E-state index in [9.17, 15) is 4.79 Å². The molecule has 1 aliphatic rings. The van der Waals surface area contributed by atoms with Gasteiger partial charge >= 0.3 is 0 Å². The third-order valence-corrected chi connectivity index (χ3v) is 3.07. The number of carbonyl (C=O) groups excluding carboxylic acids is 1. The number of rotatable bonds is 2. The first-order valence-corrected chi connectivity index (χ1v) is 5.94. The largest absolute Gasteiger partial charge is 0.272 e. The van der Waals surface area contributed by atoms with Gasteiger partial charge in [0.05, 0.1) is 23.2 Å². The molecule has 92 valence electrons. The number of anilines is 1. The van der Waals surface area contributed by atoms with Crippen LogP contribution in [0.3, 0.4) is 0 Å². The molecular weight excluding hydrogens is 226 g/mol. The van der Waals surface area contributed by atoms with Crippen molar-refractivity contribution in [2.24, 2.45) is 16.9 Å². The highest BCUT2D eigenvalue weighted by molar-refractivity contribution is 6.14. The van der Waals surface area contributed by atoms with Gasteiger partial charge in [-0.3, -0.25) is 4.79 Å². The van der Waals surface area contributed by atoms with Crippen LogP contribution >= 0.6 is 0 Å². The summed E-state index contributed by atoms with van der Waals surface area (Å²) in [6.07, 6.45) is 0. The van der Waals surface area contributed by atoms with Crippen molar-refractivity contribution in [3.63, 3.8) is 0 Å². The average molecular weight is 241 g/mol. The third-order valence-electron chi connectivity index (χ3n) is 3.07. The number of hydrazone groups is 1. The van der Waals surface area contributed by atoms with Crippen molar-refractivity contribution in [1.82, 2.24) is 0 Å². The summed E-state index contributed by atoms with van der Waals surface area (Å²) in [7, 11) is 0. The zero-order chi connectivity index (χ0) is 13.3. The molecule has 0 aliphatic carbocycles. The molecule has 1 heterocycles. The summed E-state index contributed by atoms with van der Waals surface area (Å²) < 4.78 is 0. The average Bonchev–Trinajstić information content (AvgIpc) is 2.65. The van der Waals surface area contributed by atoms with Gasteiger partial charge in [-0.05, 0) is 31.0 Å². The highest BCUT2D eigenvalue weighted by Gasteiger charge is 2.36. The Balaban J connectivity index is 2.36. The molecule has 4 nitrogen and oxygen atoms in total. The Morgan fingerprint density at radius 3 is 2.72 bits per heavy atom. The normalized spacial score (nSPS) is 19.1. The van der Waals surface area contributed by atoms with Gasteiger partial charge in [0, 0.05) is 5.71 Å². The molecule has 0 fully saturated rings. The molecule has 0 aromatic heterocycles. The van der Waals surface area contributed by atoms with Crippen LogP contribution in [0.2, 0.25) is 0 Å². The summed E-state index contributed by atoms with van der Waals surface area (Å²) in [6, 6.07) is 9.00. The van der Waals surface area contributed by atoms with Crippen molar-refractivity contribution in [3.8, 4) is 6.07 Å². The predicted octanol–water partition coefficient (Wildman–Crippen LogP) is 2.55. The molecule has 0 bridgehead atoms. The maximum Gasteiger partial charge on any atom is 0.256 e. The molecule has 0 saturated carbocycles. The van der Waals surface area contributed by atoms with Gasteiger partial charge in [0.2, 0.25) is 0 Å². The predicted molar refractivity (Wildman–Crippen MR) is 70.1 cm³/mol. The Morgan fingerprint density at radius 1 is 1.44 bits per heavy atom. The fourth-order valence-electron chi connectivity index (χ4n) is 2.24. The maximum absolute atomic E-state index is 12.3. The summed E-state index contributed by atoms with van der Waals surface area (Å²) in [5.74, 6) is 0.0544. The quantitative estimate of drug-likeness (QED) is 0.799. The first-order valence-electron chi connectivity index (χ1n) is 5.94. The zero-order valence-electron chi connectivity index (χ0n) is 10.7. The maximum atomic E-state index is 12.3. The van der Waals surface area contributed by atoms with Crippen LogP contribution in [0.4, 0.5) is 5.69 Å². The third kappa shape index (κ3) is 2.00. The number of nitriles is 1. The molecule has 1 unspecified atom stereocenters. The van der Waals surface area contributed by atoms with Gasteiger partial charge in [-0.15, -0.1) is 0 Å². The van der Waals surface area contributed by atoms with E-state index in [0.717, 1.165) is 5.71 Å². The van der Waals surface area contributed by atoms with Crippen LogP contribution in [0.5, 0.6) is 0 Å². The van der Waals surface area contributed by atoms with Crippen molar-refractivity contribution in [1.29, 1.82) is 5.26 Å². The standard InChI is InChI=1S/C14H15N3O/c1-9(2)13-10(3)16-17(14(13)18)12-6-4-5-11(7-12)8-15/h4-7,9,13H,1-3H3. The van der Waals surface area contributed by atoms with E-state index in [0.29, 0.717) is 11.3 Å². The SMILES string of the molecule is CC1=NN(c2cccc(C#N)c2)C(=O)C1C(C)C. The van der Waals surface area contributed by atoms with Crippen LogP contribution in [-0.2, 0) is 4.79 Å². The van der Waals surface area contributed by atoms with Gasteiger partial charge in [0.1, 0.15) is 0 Å². The molecule has 18 heavy (non-hydrogen) atoms. The molecule has 1 aromatic carbocycles. The number of hydrogen-bond acceptors (Lipinski definition) is 3. The van der Waals surface area contributed by atoms with Crippen LogP contribution in [0.15, 0.2) is 29.4 Å². The topological polar surface area (TPSA) is 56.5 Å². The summed E-state index contributed by atoms with van der Waals surface area (Å²) in [5.41, 5.74) is 2.01. The first-order chi connectivity index (χ1) is 8.54. The minimum Gasteiger partial charge on any atom is -0.272 e. The number of hydrogen-bond donors (Lipinski definition) is 0. The van der Waals surface area contributed by atoms with E-state index in [1.165, 1.54) is 5.01 Å². The van der Waals surface area contributed by atoms with Crippen LogP contribution in [0.25, 0.3) is 0 Å². The van der Waals surface area contributed by atoms with Gasteiger partial charge in [0.25, 0.3) is 5.91 Å². The van der Waals surface area contributed by atoms with E-state index < -0.39 is 0 Å². The van der Waals surface area contributed by atoms with E-state index in [2.05, 4.69) is 11.2 Å². The number of carbonyl (C=O) groups is 1. The molecule has 1 aromatic rings. The molecule has 0 spiro atoms. The monoisotopic (exact) mass is 241 g/mol. The fraction of sp³-hybridized carbons (Fsp3) is 0.357. The minimum atomic E-state index is -0.157. The Kier molecular flexibility index (Phi) is 3.15. The highest BCUT2D eigenvalue weighted by atomic mass is 16.2. The van der Waals surface area contributed by atoms with Gasteiger partial charge in [0.15, 0.2) is 0 Å². The van der Waals surface area contributed by atoms with Crippen LogP contribution in [0, 0.1) is 23.2 Å². The molecular formula is C14H15N3O. The Hall–Kier alpha value is -2.15. The zero-order valence-corrected chi connectivity index (χ0v) is 10.7. The summed E-state index contributed by atoms with van der Waals surface area (Å²) in [4.78, 5) is 12.3. The summed E-state index contributed by atoms with van der Waals surface area (Å²) in [5, 5.41) is 14.6. The van der Waals surface area contributed by atoms with Crippen LogP contribution < -0.4 is 5.01 Å². The summed E-state index contributed by atoms with van der Waals surface area (Å²) in [6.45, 7) is 5.89. The van der Waals surface area contributed by atoms with E-state index in [1.54, 1.807) is 24.3 Å². The van der Waals surface area contributed by atoms with Crippen LogP contribution in [0.1, 0.15) is 26.3 Å². The molecule has 0 radical (unpaired) electrons. The number of nitrogens with zero attached hydrogens (tertiary/aromatic N) is 3. The molecule has 0 saturated heterocycles. The molecule has 4 heteroatoms. The number of benzene rings is 1. The molecule has 0 N–H and O–H groups in total. The Bertz CT molecular complexity index is 554. The van der Waals surface area contributed by atoms with Crippen molar-refractivity contribution in [2.75, 3.05) is 5.01 Å². The second kappa shape index (κ2) is 4.61. The van der Waals surface area contributed by atoms with Crippen molar-refractivity contribution < 1.29 is 4.79 Å². The minimum absolute atomic E-state index is 0.0161. The lowest BCUT2D eigenvalue weighted by Gasteiger charge is -2.16. The van der Waals surface area contributed by atoms with E-state index in [4.69, 9.17) is 5.26 Å². The van der Waals surface area contributed by atoms with Crippen LogP contribution in [-0.4, -0.2) is 11.6 Å². The smallest absolute Gasteiger partial charge is 0.256 e. The highest BCUT2D eigenvalue weighted by Crippen LogP contribution is 2.28. The Labute approximate surface area is 107 Å². The van der Waals surface area contributed by atoms with Gasteiger partial charge in [-0.2, -0.15) is 10.4 Å². The number of amides is 1. The van der Waals surface area contributed by atoms with Gasteiger partial charge in [-0.1, -0.05) is 19.9 Å². The van der Waals surface area contributed by atoms with Gasteiger partial charge in [-0.25, -0.2) is 5.01 Å². The lowest BCUT2D eigenvalue weighted by atomic mass is 9.92. The molecule has 1 amide bonds. The van der Waals surface area contributed by atoms with E-state index in [-0.39, 0.29) is 17.7 Å². The first kappa shape index (κ1) is 12.3. The van der Waals surface area contributed by atoms with Gasteiger partial charge < -0.3 is 0 Å². The van der Waals surface area contributed by atoms with E-state index in [1.807, 2.05) is 20.8 Å².